The highest BCUT2D eigenvalue weighted by Gasteiger charge is 1.93. The van der Waals surface area contributed by atoms with Crippen molar-refractivity contribution in [3.8, 4) is 0 Å². The van der Waals surface area contributed by atoms with E-state index in [0.717, 1.165) is 6.92 Å². The van der Waals surface area contributed by atoms with Gasteiger partial charge in [-0.15, -0.1) is 0 Å². The summed E-state index contributed by atoms with van der Waals surface area (Å²) in [5.74, 6) is -1.40. The van der Waals surface area contributed by atoms with Crippen LogP contribution in [0.25, 0.3) is 0 Å². The molecule has 0 spiro atoms. The molecule has 0 rings (SSSR count). The maximum Gasteiger partial charge on any atom is 0.355 e. The van der Waals surface area contributed by atoms with Crippen LogP contribution in [0, 0.1) is 0 Å². The first-order valence-electron chi connectivity index (χ1n) is 2.67. The van der Waals surface area contributed by atoms with Crippen LogP contribution in [0.5, 0.6) is 0 Å². The van der Waals surface area contributed by atoms with E-state index >= 15 is 0 Å². The van der Waals surface area contributed by atoms with Crippen LogP contribution in [-0.2, 0) is 19.4 Å². The largest absolute Gasteiger partial charge is 0.481 e. The molecule has 0 bridgehead atoms. The van der Waals surface area contributed by atoms with E-state index in [9.17, 15) is 4.79 Å². The van der Waals surface area contributed by atoms with E-state index in [2.05, 4.69) is 9.78 Å². The van der Waals surface area contributed by atoms with Crippen LogP contribution >= 0.6 is 0 Å². The average molecular weight is 165 g/mol. The van der Waals surface area contributed by atoms with Crippen LogP contribution in [0.15, 0.2) is 0 Å². The number of hydrogen-bond acceptors (Lipinski definition) is 5. The molecule has 0 fully saturated rings. The number of nitrogens with two attached hydrogens (primary N) is 1. The van der Waals surface area contributed by atoms with Gasteiger partial charge in [-0.1, -0.05) is 0 Å². The number of carboxylic acids is 1. The molecule has 0 heterocycles. The highest BCUT2D eigenvalue weighted by atomic mass is 17.2. The Morgan fingerprint density at radius 3 is 2.00 bits per heavy atom. The van der Waals surface area contributed by atoms with Crippen molar-refractivity contribution in [3.05, 3.63) is 0 Å². The number of rotatable bonds is 2. The Labute approximate surface area is 63.8 Å². The fourth-order valence-electron chi connectivity index (χ4n) is 0.127. The molecule has 0 radical (unpaired) electrons. The van der Waals surface area contributed by atoms with Crippen molar-refractivity contribution in [2.24, 2.45) is 5.73 Å². The second kappa shape index (κ2) is 8.86. The molecule has 6 nitrogen and oxygen atoms in total. The molecule has 0 aliphatic carbocycles. The molecule has 0 saturated carbocycles. The highest BCUT2D eigenvalue weighted by Crippen LogP contribution is 1.70. The van der Waals surface area contributed by atoms with E-state index in [0.29, 0.717) is 0 Å². The van der Waals surface area contributed by atoms with Crippen LogP contribution < -0.4 is 5.73 Å². The van der Waals surface area contributed by atoms with Gasteiger partial charge >= 0.3 is 5.97 Å². The summed E-state index contributed by atoms with van der Waals surface area (Å²) in [5, 5.41) is 7.42. The van der Waals surface area contributed by atoms with Gasteiger partial charge in [-0.25, -0.2) is 4.79 Å². The lowest BCUT2D eigenvalue weighted by Crippen LogP contribution is -2.15. The van der Waals surface area contributed by atoms with Gasteiger partial charge < -0.3 is 10.8 Å². The first-order valence-corrected chi connectivity index (χ1v) is 2.67. The van der Waals surface area contributed by atoms with Gasteiger partial charge in [-0.2, -0.15) is 4.89 Å². The molecule has 0 aromatic heterocycles. The van der Waals surface area contributed by atoms with E-state index in [1.54, 1.807) is 0 Å². The molecule has 3 N–H and O–H groups in total. The lowest BCUT2D eigenvalue weighted by atomic mass is 10.7. The van der Waals surface area contributed by atoms with Crippen molar-refractivity contribution in [1.29, 1.82) is 0 Å². The van der Waals surface area contributed by atoms with Crippen LogP contribution in [0.4, 0.5) is 0 Å². The number of carboxylic acid groups (broad SMARTS) is 1. The molecular weight excluding hydrogens is 154 g/mol. The molecule has 0 atom stereocenters. The number of aliphatic carboxylic acids is 1. The highest BCUT2D eigenvalue weighted by molar-refractivity contribution is 5.70. The van der Waals surface area contributed by atoms with Gasteiger partial charge in [0.15, 0.2) is 0 Å². The van der Waals surface area contributed by atoms with E-state index in [1.807, 2.05) is 0 Å². The molecule has 0 unspecified atom stereocenters. The predicted molar refractivity (Wildman–Crippen MR) is 35.5 cm³/mol. The molecule has 66 valence electrons. The third-order valence-electron chi connectivity index (χ3n) is 0.343. The van der Waals surface area contributed by atoms with Crippen molar-refractivity contribution in [1.82, 2.24) is 0 Å². The minimum Gasteiger partial charge on any atom is -0.481 e. The second-order valence-electron chi connectivity index (χ2n) is 1.35. The Balaban J connectivity index is 0. The van der Waals surface area contributed by atoms with Gasteiger partial charge in [0.1, 0.15) is 0 Å². The predicted octanol–water partition coefficient (Wildman–Crippen LogP) is -0.859. The van der Waals surface area contributed by atoms with Gasteiger partial charge in [0.25, 0.3) is 5.97 Å². The van der Waals surface area contributed by atoms with Crippen molar-refractivity contribution in [2.75, 3.05) is 13.7 Å². The van der Waals surface area contributed by atoms with Crippen molar-refractivity contribution >= 4 is 11.9 Å². The molecule has 0 aromatic carbocycles. The SMILES string of the molecule is CC(=O)O.COOC(=O)CN. The molecule has 11 heavy (non-hydrogen) atoms. The summed E-state index contributed by atoms with van der Waals surface area (Å²) in [7, 11) is 1.24. The zero-order chi connectivity index (χ0) is 9.28. The fourth-order valence-corrected chi connectivity index (χ4v) is 0.127. The monoisotopic (exact) mass is 165 g/mol. The summed E-state index contributed by atoms with van der Waals surface area (Å²) in [4.78, 5) is 26.8. The minimum atomic E-state index is -0.833. The summed E-state index contributed by atoms with van der Waals surface area (Å²) in [6.07, 6.45) is 0. The summed E-state index contributed by atoms with van der Waals surface area (Å²) < 4.78 is 0. The van der Waals surface area contributed by atoms with Crippen molar-refractivity contribution < 1.29 is 24.5 Å². The van der Waals surface area contributed by atoms with Gasteiger partial charge in [0.05, 0.1) is 13.7 Å². The Hall–Kier alpha value is -1.14. The smallest absolute Gasteiger partial charge is 0.355 e. The molecule has 0 aliphatic rings. The van der Waals surface area contributed by atoms with Gasteiger partial charge in [-0.05, 0) is 0 Å². The maximum atomic E-state index is 9.94. The normalized spacial score (nSPS) is 7.55. The summed E-state index contributed by atoms with van der Waals surface area (Å²) in [6.45, 7) is 0.938. The van der Waals surface area contributed by atoms with Crippen molar-refractivity contribution in [3.63, 3.8) is 0 Å². The van der Waals surface area contributed by atoms with E-state index in [4.69, 9.17) is 15.6 Å². The van der Waals surface area contributed by atoms with Crippen LogP contribution in [0.3, 0.4) is 0 Å². The lowest BCUT2D eigenvalue weighted by Gasteiger charge is -1.91. The van der Waals surface area contributed by atoms with Gasteiger partial charge in [-0.3, -0.25) is 9.68 Å². The summed E-state index contributed by atoms with van der Waals surface area (Å²) >= 11 is 0. The average Bonchev–Trinajstić information content (AvgIpc) is 1.87. The van der Waals surface area contributed by atoms with Gasteiger partial charge in [0.2, 0.25) is 0 Å². The molecule has 0 saturated heterocycles. The van der Waals surface area contributed by atoms with Crippen LogP contribution in [0.2, 0.25) is 0 Å². The Kier molecular flexibility index (Phi) is 10.1. The minimum absolute atomic E-state index is 0.145. The Morgan fingerprint density at radius 1 is 1.55 bits per heavy atom. The van der Waals surface area contributed by atoms with Crippen LogP contribution in [0.1, 0.15) is 6.92 Å². The van der Waals surface area contributed by atoms with Crippen molar-refractivity contribution in [2.45, 2.75) is 6.92 Å². The number of carbonyl (C=O) groups excluding carboxylic acids is 1. The van der Waals surface area contributed by atoms with E-state index in [1.165, 1.54) is 7.11 Å². The number of carbonyl (C=O) groups is 2. The zero-order valence-electron chi connectivity index (χ0n) is 6.36. The Bertz CT molecular complexity index is 120. The first kappa shape index (κ1) is 12.5. The third kappa shape index (κ3) is 28.0. The summed E-state index contributed by atoms with van der Waals surface area (Å²) in [5.41, 5.74) is 4.80. The van der Waals surface area contributed by atoms with Gasteiger partial charge in [0, 0.05) is 6.92 Å². The molecule has 0 amide bonds. The molecular formula is C5H11NO5. The third-order valence-corrected chi connectivity index (χ3v) is 0.343. The second-order valence-corrected chi connectivity index (χ2v) is 1.35. The lowest BCUT2D eigenvalue weighted by molar-refractivity contribution is -0.253. The molecule has 0 aliphatic heterocycles. The quantitative estimate of drug-likeness (QED) is 0.408. The number of hydrogen-bond donors (Lipinski definition) is 2. The van der Waals surface area contributed by atoms with E-state index in [-0.39, 0.29) is 6.54 Å². The van der Waals surface area contributed by atoms with E-state index < -0.39 is 11.9 Å². The topological polar surface area (TPSA) is 98.9 Å². The maximum absolute atomic E-state index is 9.94. The Morgan fingerprint density at radius 2 is 1.91 bits per heavy atom. The zero-order valence-corrected chi connectivity index (χ0v) is 6.36. The first-order chi connectivity index (χ1) is 5.04. The standard InChI is InChI=1S/C3H7NO3.C2H4O2/c1-6-7-3(5)2-4;1-2(3)4/h2,4H2,1H3;1H3,(H,3,4). The molecule has 0 aromatic rings. The van der Waals surface area contributed by atoms with Crippen LogP contribution in [-0.4, -0.2) is 30.7 Å². The molecule has 6 heteroatoms. The fraction of sp³-hybridized carbons (Fsp3) is 0.600. The summed E-state index contributed by atoms with van der Waals surface area (Å²) in [6, 6.07) is 0.